The number of carbonyl (C=O) groups is 1. The lowest BCUT2D eigenvalue weighted by molar-refractivity contribution is 0.0675. The Morgan fingerprint density at radius 1 is 1.60 bits per heavy atom. The first-order chi connectivity index (χ1) is 6.93. The maximum atomic E-state index is 11.1. The summed E-state index contributed by atoms with van der Waals surface area (Å²) in [6.07, 6.45) is 4.35. The summed E-state index contributed by atoms with van der Waals surface area (Å²) in [5.74, 6) is -0.217. The van der Waals surface area contributed by atoms with Crippen LogP contribution in [0.3, 0.4) is 0 Å². The maximum Gasteiger partial charge on any atom is 0.352 e. The van der Waals surface area contributed by atoms with Crippen LogP contribution < -0.4 is 0 Å². The Morgan fingerprint density at radius 2 is 2.20 bits per heavy atom. The highest BCUT2D eigenvalue weighted by molar-refractivity contribution is 14.1. The predicted molar refractivity (Wildman–Crippen MR) is 66.2 cm³/mol. The molecule has 0 bridgehead atoms. The molecule has 0 aromatic carbocycles. The van der Waals surface area contributed by atoms with Crippen molar-refractivity contribution >= 4 is 28.6 Å². The van der Waals surface area contributed by atoms with E-state index in [0.717, 1.165) is 3.57 Å². The molecular formula is C11H14INO2. The summed E-state index contributed by atoms with van der Waals surface area (Å²) in [7, 11) is 0. The van der Waals surface area contributed by atoms with Crippen LogP contribution in [0.25, 0.3) is 0 Å². The third kappa shape index (κ3) is 1.91. The fourth-order valence-electron chi connectivity index (χ4n) is 2.06. The van der Waals surface area contributed by atoms with E-state index in [9.17, 15) is 4.79 Å². The summed E-state index contributed by atoms with van der Waals surface area (Å²) in [6, 6.07) is 1.73. The van der Waals surface area contributed by atoms with Crippen molar-refractivity contribution in [2.45, 2.75) is 32.2 Å². The molecule has 15 heavy (non-hydrogen) atoms. The molecule has 1 fully saturated rings. The van der Waals surface area contributed by atoms with Gasteiger partial charge in [0.05, 0.1) is 0 Å². The molecule has 0 saturated heterocycles. The van der Waals surface area contributed by atoms with E-state index in [-0.39, 0.29) is 5.54 Å². The monoisotopic (exact) mass is 319 g/mol. The van der Waals surface area contributed by atoms with E-state index in [1.165, 1.54) is 12.8 Å². The van der Waals surface area contributed by atoms with E-state index >= 15 is 0 Å². The molecule has 0 radical (unpaired) electrons. The first-order valence-corrected chi connectivity index (χ1v) is 6.12. The molecular weight excluding hydrogens is 305 g/mol. The van der Waals surface area contributed by atoms with Crippen molar-refractivity contribution in [2.75, 3.05) is 0 Å². The summed E-state index contributed by atoms with van der Waals surface area (Å²) in [5, 5.41) is 9.12. The van der Waals surface area contributed by atoms with Crippen molar-refractivity contribution in [1.82, 2.24) is 4.57 Å². The second-order valence-corrected chi connectivity index (χ2v) is 5.89. The molecule has 2 rings (SSSR count). The second kappa shape index (κ2) is 3.50. The Kier molecular flexibility index (Phi) is 2.56. The molecule has 0 unspecified atom stereocenters. The highest BCUT2D eigenvalue weighted by atomic mass is 127. The van der Waals surface area contributed by atoms with Gasteiger partial charge >= 0.3 is 5.97 Å². The Bertz CT molecular complexity index is 405. The molecule has 1 aromatic heterocycles. The second-order valence-electron chi connectivity index (χ2n) is 4.65. The normalized spacial score (nSPS) is 16.7. The molecule has 1 aliphatic carbocycles. The van der Waals surface area contributed by atoms with Gasteiger partial charge in [0, 0.05) is 15.3 Å². The standard InChI is InChI=1S/C11H14INO2/c1-11(2,7-3-4-7)13-6-8(12)5-9(13)10(14)15/h5-7H,3-4H2,1-2H3,(H,14,15). The average Bonchev–Trinajstić information content (AvgIpc) is 2.89. The Labute approximate surface area is 103 Å². The first-order valence-electron chi connectivity index (χ1n) is 5.04. The van der Waals surface area contributed by atoms with Gasteiger partial charge in [-0.05, 0) is 61.3 Å². The van der Waals surface area contributed by atoms with Gasteiger partial charge in [-0.15, -0.1) is 0 Å². The summed E-state index contributed by atoms with van der Waals surface area (Å²) in [4.78, 5) is 11.1. The summed E-state index contributed by atoms with van der Waals surface area (Å²) >= 11 is 2.16. The number of hydrogen-bond acceptors (Lipinski definition) is 1. The third-order valence-corrected chi connectivity index (χ3v) is 3.79. The number of hydrogen-bond donors (Lipinski definition) is 1. The van der Waals surface area contributed by atoms with Gasteiger partial charge in [0.25, 0.3) is 0 Å². The molecule has 1 aromatic rings. The van der Waals surface area contributed by atoms with Crippen LogP contribution in [0.15, 0.2) is 12.3 Å². The molecule has 0 atom stereocenters. The summed E-state index contributed by atoms with van der Waals surface area (Å²) < 4.78 is 2.90. The third-order valence-electron chi connectivity index (χ3n) is 3.20. The van der Waals surface area contributed by atoms with Gasteiger partial charge in [0.2, 0.25) is 0 Å². The van der Waals surface area contributed by atoms with Crippen LogP contribution >= 0.6 is 22.6 Å². The van der Waals surface area contributed by atoms with E-state index in [4.69, 9.17) is 5.11 Å². The number of aromatic carboxylic acids is 1. The molecule has 0 aliphatic heterocycles. The van der Waals surface area contributed by atoms with E-state index in [0.29, 0.717) is 11.6 Å². The minimum Gasteiger partial charge on any atom is -0.477 e. The predicted octanol–water partition coefficient (Wildman–Crippen LogP) is 2.94. The van der Waals surface area contributed by atoms with Crippen molar-refractivity contribution < 1.29 is 9.90 Å². The van der Waals surface area contributed by atoms with E-state index in [2.05, 4.69) is 36.4 Å². The van der Waals surface area contributed by atoms with Crippen LogP contribution in [0.4, 0.5) is 0 Å². The van der Waals surface area contributed by atoms with Gasteiger partial charge in [0.15, 0.2) is 0 Å². The largest absolute Gasteiger partial charge is 0.477 e. The van der Waals surface area contributed by atoms with Crippen LogP contribution in [0.2, 0.25) is 0 Å². The van der Waals surface area contributed by atoms with Crippen LogP contribution in [-0.2, 0) is 5.54 Å². The highest BCUT2D eigenvalue weighted by Gasteiger charge is 2.40. The lowest BCUT2D eigenvalue weighted by Crippen LogP contribution is -2.30. The molecule has 1 N–H and O–H groups in total. The van der Waals surface area contributed by atoms with Crippen molar-refractivity contribution in [3.05, 3.63) is 21.5 Å². The fraction of sp³-hybridized carbons (Fsp3) is 0.545. The van der Waals surface area contributed by atoms with Crippen molar-refractivity contribution in [3.63, 3.8) is 0 Å². The zero-order valence-corrected chi connectivity index (χ0v) is 11.0. The number of halogens is 1. The smallest absolute Gasteiger partial charge is 0.352 e. The SMILES string of the molecule is CC(C)(C1CC1)n1cc(I)cc1C(=O)O. The number of aromatic nitrogens is 1. The van der Waals surface area contributed by atoms with Crippen LogP contribution in [-0.4, -0.2) is 15.6 Å². The zero-order chi connectivity index (χ0) is 11.2. The Morgan fingerprint density at radius 3 is 2.67 bits per heavy atom. The fourth-order valence-corrected chi connectivity index (χ4v) is 2.63. The Hall–Kier alpha value is -0.520. The van der Waals surface area contributed by atoms with Crippen molar-refractivity contribution in [2.24, 2.45) is 5.92 Å². The van der Waals surface area contributed by atoms with Gasteiger partial charge in [0.1, 0.15) is 5.69 Å². The minimum atomic E-state index is -0.841. The lowest BCUT2D eigenvalue weighted by Gasteiger charge is -2.28. The summed E-state index contributed by atoms with van der Waals surface area (Å²) in [6.45, 7) is 4.24. The van der Waals surface area contributed by atoms with Gasteiger partial charge < -0.3 is 9.67 Å². The first kappa shape index (κ1) is 11.0. The number of carboxylic acids is 1. The molecule has 3 nitrogen and oxygen atoms in total. The van der Waals surface area contributed by atoms with E-state index in [1.54, 1.807) is 6.07 Å². The van der Waals surface area contributed by atoms with Gasteiger partial charge in [-0.25, -0.2) is 4.79 Å². The van der Waals surface area contributed by atoms with Crippen molar-refractivity contribution in [1.29, 1.82) is 0 Å². The molecule has 0 spiro atoms. The van der Waals surface area contributed by atoms with Crippen LogP contribution in [0.1, 0.15) is 37.2 Å². The molecule has 1 aliphatic rings. The topological polar surface area (TPSA) is 42.2 Å². The van der Waals surface area contributed by atoms with Gasteiger partial charge in [-0.1, -0.05) is 0 Å². The van der Waals surface area contributed by atoms with Crippen LogP contribution in [0, 0.1) is 9.49 Å². The maximum absolute atomic E-state index is 11.1. The molecule has 82 valence electrons. The minimum absolute atomic E-state index is 0.0723. The number of carboxylic acid groups (broad SMARTS) is 1. The highest BCUT2D eigenvalue weighted by Crippen LogP contribution is 2.44. The Balaban J connectivity index is 2.46. The van der Waals surface area contributed by atoms with Crippen molar-refractivity contribution in [3.8, 4) is 0 Å². The average molecular weight is 319 g/mol. The van der Waals surface area contributed by atoms with E-state index < -0.39 is 5.97 Å². The molecule has 4 heteroatoms. The quantitative estimate of drug-likeness (QED) is 0.871. The molecule has 1 saturated carbocycles. The lowest BCUT2D eigenvalue weighted by atomic mass is 9.98. The molecule has 0 amide bonds. The van der Waals surface area contributed by atoms with E-state index in [1.807, 2.05) is 10.8 Å². The van der Waals surface area contributed by atoms with Crippen LogP contribution in [0.5, 0.6) is 0 Å². The zero-order valence-electron chi connectivity index (χ0n) is 8.83. The molecule has 1 heterocycles. The van der Waals surface area contributed by atoms with Gasteiger partial charge in [-0.2, -0.15) is 0 Å². The number of rotatable bonds is 3. The summed E-state index contributed by atoms with van der Waals surface area (Å²) in [5.41, 5.74) is 0.327. The van der Waals surface area contributed by atoms with Gasteiger partial charge in [-0.3, -0.25) is 0 Å². The number of nitrogens with zero attached hydrogens (tertiary/aromatic N) is 1.